The summed E-state index contributed by atoms with van der Waals surface area (Å²) in [5.41, 5.74) is 7.03. The molecule has 34 heavy (non-hydrogen) atoms. The number of nitrogens with zero attached hydrogens (tertiary/aromatic N) is 4. The zero-order chi connectivity index (χ0) is 24.2. The van der Waals surface area contributed by atoms with Crippen LogP contribution in [-0.2, 0) is 16.1 Å². The highest BCUT2D eigenvalue weighted by molar-refractivity contribution is 7.24. The second kappa shape index (κ2) is 10.2. The van der Waals surface area contributed by atoms with Gasteiger partial charge in [-0.05, 0) is 31.0 Å². The summed E-state index contributed by atoms with van der Waals surface area (Å²) >= 11 is 5.88. The molecule has 0 aliphatic heterocycles. The number of nitrogens with one attached hydrogen (secondary N) is 2. The largest absolute Gasteiger partial charge is 0.437 e. The number of anilines is 2. The summed E-state index contributed by atoms with van der Waals surface area (Å²) < 4.78 is 1.49. The van der Waals surface area contributed by atoms with Crippen LogP contribution >= 0.6 is 11.6 Å². The van der Waals surface area contributed by atoms with Crippen LogP contribution in [-0.4, -0.2) is 72.1 Å². The van der Waals surface area contributed by atoms with Crippen molar-refractivity contribution in [3.63, 3.8) is 0 Å². The second-order valence-corrected chi connectivity index (χ2v) is 8.53. The first-order valence-electron chi connectivity index (χ1n) is 11.1. The predicted molar refractivity (Wildman–Crippen MR) is 137 cm³/mol. The average Bonchev–Trinajstić information content (AvgIpc) is 3.57. The number of rotatable bonds is 10. The zero-order valence-corrected chi connectivity index (χ0v) is 19.5. The molecular weight excluding hydrogens is 454 g/mol. The van der Waals surface area contributed by atoms with Gasteiger partial charge >= 0.3 is 0 Å². The minimum atomic E-state index is -0.670. The molecule has 2 heterocycles. The van der Waals surface area contributed by atoms with Gasteiger partial charge in [0.05, 0.1) is 20.3 Å². The number of primary amides is 1. The van der Waals surface area contributed by atoms with Crippen molar-refractivity contribution in [1.82, 2.24) is 19.7 Å². The molecule has 1 aliphatic rings. The van der Waals surface area contributed by atoms with Gasteiger partial charge in [0.15, 0.2) is 13.0 Å². The number of halogens is 1. The lowest BCUT2D eigenvalue weighted by molar-refractivity contribution is -0.135. The Bertz CT molecular complexity index is 1250. The third-order valence-corrected chi connectivity index (χ3v) is 5.67. The Hall–Kier alpha value is -3.47. The molecule has 1 fully saturated rings. The molecule has 0 unspecified atom stereocenters. The van der Waals surface area contributed by atoms with Crippen LogP contribution < -0.4 is 16.3 Å². The predicted octanol–water partition coefficient (Wildman–Crippen LogP) is -0.524. The van der Waals surface area contributed by atoms with Crippen molar-refractivity contribution in [3.8, 4) is 0 Å². The summed E-state index contributed by atoms with van der Waals surface area (Å²) in [5, 5.41) is 11.2. The molecule has 0 atom stereocenters. The third-order valence-electron chi connectivity index (χ3n) is 5.46. The minimum absolute atomic E-state index is 0.0132. The number of hydrogen-bond acceptors (Lipinski definition) is 6. The summed E-state index contributed by atoms with van der Waals surface area (Å²) in [5.74, 6) is -1.00. The molecule has 172 valence electrons. The molecule has 0 bridgehead atoms. The smallest absolute Gasteiger partial charge is 0.269 e. The van der Waals surface area contributed by atoms with Crippen LogP contribution in [0.5, 0.6) is 0 Å². The number of carbonyl (C=O) groups excluding carboxylic acids is 3. The van der Waals surface area contributed by atoms with E-state index in [1.807, 2.05) is 19.9 Å². The first-order valence-corrected chi connectivity index (χ1v) is 11.5. The van der Waals surface area contributed by atoms with Crippen LogP contribution in [0.2, 0.25) is 5.15 Å². The average molecular weight is 477 g/mol. The molecule has 2 aromatic heterocycles. The van der Waals surface area contributed by atoms with Crippen molar-refractivity contribution in [2.75, 3.05) is 17.1 Å². The van der Waals surface area contributed by atoms with Crippen LogP contribution in [0.3, 0.4) is 0 Å². The Kier molecular flexibility index (Phi) is 7.11. The molecular formula is C20H23B3ClN7O3. The highest BCUT2D eigenvalue weighted by Crippen LogP contribution is 2.29. The monoisotopic (exact) mass is 477 g/mol. The number of amides is 3. The fourth-order valence-electron chi connectivity index (χ4n) is 3.78. The molecule has 4 N–H and O–H groups in total. The van der Waals surface area contributed by atoms with Gasteiger partial charge in [0.25, 0.3) is 5.91 Å². The Morgan fingerprint density at radius 2 is 2.00 bits per heavy atom. The molecule has 10 nitrogen and oxygen atoms in total. The van der Waals surface area contributed by atoms with Crippen molar-refractivity contribution in [2.24, 2.45) is 5.73 Å². The van der Waals surface area contributed by atoms with Gasteiger partial charge < -0.3 is 21.2 Å². The number of aromatic nitrogens is 3. The number of hydrogen-bond donors (Lipinski definition) is 3. The number of pyridine rings is 1. The van der Waals surface area contributed by atoms with Crippen molar-refractivity contribution < 1.29 is 14.4 Å². The van der Waals surface area contributed by atoms with Gasteiger partial charge in [0, 0.05) is 17.1 Å². The second-order valence-electron chi connectivity index (χ2n) is 8.15. The quantitative estimate of drug-likeness (QED) is 0.266. The van der Waals surface area contributed by atoms with Crippen LogP contribution in [0.1, 0.15) is 23.3 Å². The van der Waals surface area contributed by atoms with Gasteiger partial charge in [-0.15, -0.1) is 0 Å². The van der Waals surface area contributed by atoms with Crippen LogP contribution in [0.4, 0.5) is 11.5 Å². The normalized spacial score (nSPS) is 12.7. The third kappa shape index (κ3) is 5.36. The Balaban J connectivity index is 1.56. The lowest BCUT2D eigenvalue weighted by atomic mass is 9.33. The number of nitrogens with two attached hydrogens (primary N) is 1. The lowest BCUT2D eigenvalue weighted by Gasteiger charge is -2.22. The van der Waals surface area contributed by atoms with E-state index in [-0.39, 0.29) is 41.8 Å². The summed E-state index contributed by atoms with van der Waals surface area (Å²) in [6.07, 6.45) is 1.65. The SMILES string of the molecule is BBBNc1cccc2c(C(N)=O)nn(CC(=O)N(CC(=O)Nc3cccc(Cl)n3)C3CC3)c12. The summed E-state index contributed by atoms with van der Waals surface area (Å²) in [4.78, 5) is 43.5. The van der Waals surface area contributed by atoms with Crippen molar-refractivity contribution in [3.05, 3.63) is 47.2 Å². The fraction of sp³-hybridized carbons (Fsp3) is 0.250. The molecule has 0 radical (unpaired) electrons. The Morgan fingerprint density at radius 3 is 2.68 bits per heavy atom. The van der Waals surface area contributed by atoms with Gasteiger partial charge in [0.1, 0.15) is 24.1 Å². The molecule has 14 heteroatoms. The molecule has 3 aromatic rings. The van der Waals surface area contributed by atoms with E-state index in [9.17, 15) is 14.4 Å². The van der Waals surface area contributed by atoms with E-state index < -0.39 is 5.91 Å². The Morgan fingerprint density at radius 1 is 1.24 bits per heavy atom. The van der Waals surface area contributed by atoms with Crippen molar-refractivity contribution >= 4 is 73.8 Å². The first-order chi connectivity index (χ1) is 16.4. The zero-order valence-electron chi connectivity index (χ0n) is 18.8. The molecule has 1 saturated carbocycles. The highest BCUT2D eigenvalue weighted by Gasteiger charge is 2.34. The maximum atomic E-state index is 13.3. The molecule has 0 saturated heterocycles. The maximum Gasteiger partial charge on any atom is 0.269 e. The first kappa shape index (κ1) is 23.7. The number of para-hydroxylation sites is 1. The number of carbonyl (C=O) groups is 3. The standard InChI is InChI=1S/C20H23B3ClN7O3/c21-22-23-28-13-4-1-3-12-18(20(25)34)29-31(19(12)13)10-17(33)30(11-7-8-11)9-16(32)27-15-6-2-5-14(24)26-15/h1-6,11,22-23,28H,7-10,21H2,(H2,25,34)(H,26,27,32). The van der Waals surface area contributed by atoms with Gasteiger partial charge in [-0.3, -0.25) is 19.1 Å². The molecule has 1 aromatic carbocycles. The highest BCUT2D eigenvalue weighted by atomic mass is 35.5. The molecule has 3 amide bonds. The molecule has 0 spiro atoms. The van der Waals surface area contributed by atoms with E-state index in [4.69, 9.17) is 17.3 Å². The summed E-state index contributed by atoms with van der Waals surface area (Å²) in [6.45, 7) is -0.256. The van der Waals surface area contributed by atoms with Crippen molar-refractivity contribution in [2.45, 2.75) is 25.4 Å². The summed E-state index contributed by atoms with van der Waals surface area (Å²) in [6, 6.07) is 10.3. The van der Waals surface area contributed by atoms with E-state index in [0.717, 1.165) is 32.9 Å². The minimum Gasteiger partial charge on any atom is -0.437 e. The van der Waals surface area contributed by atoms with Gasteiger partial charge in [-0.2, -0.15) is 5.10 Å². The molecule has 1 aliphatic carbocycles. The molecule has 4 rings (SSSR count). The summed E-state index contributed by atoms with van der Waals surface area (Å²) in [7, 11) is 3.66. The van der Waals surface area contributed by atoms with Gasteiger partial charge in [0.2, 0.25) is 11.8 Å². The van der Waals surface area contributed by atoms with E-state index in [2.05, 4.69) is 20.6 Å². The van der Waals surface area contributed by atoms with Crippen LogP contribution in [0.25, 0.3) is 10.9 Å². The van der Waals surface area contributed by atoms with Crippen LogP contribution in [0.15, 0.2) is 36.4 Å². The lowest BCUT2D eigenvalue weighted by Crippen LogP contribution is -2.41. The van der Waals surface area contributed by atoms with E-state index in [0.29, 0.717) is 16.7 Å². The van der Waals surface area contributed by atoms with E-state index >= 15 is 0 Å². The number of benzene rings is 1. The van der Waals surface area contributed by atoms with Crippen LogP contribution in [0, 0.1) is 0 Å². The Labute approximate surface area is 203 Å². The van der Waals surface area contributed by atoms with Gasteiger partial charge in [-0.25, -0.2) is 4.98 Å². The van der Waals surface area contributed by atoms with E-state index in [1.54, 1.807) is 29.2 Å². The van der Waals surface area contributed by atoms with E-state index in [1.165, 1.54) is 4.68 Å². The maximum absolute atomic E-state index is 13.3. The fourth-order valence-corrected chi connectivity index (χ4v) is 3.94. The van der Waals surface area contributed by atoms with Crippen molar-refractivity contribution in [1.29, 1.82) is 0 Å². The number of fused-ring (bicyclic) bond motifs is 1. The van der Waals surface area contributed by atoms with Gasteiger partial charge in [-0.1, -0.05) is 29.8 Å². The topological polar surface area (TPSA) is 135 Å².